The normalized spacial score (nSPS) is 24.3. The lowest BCUT2D eigenvalue weighted by atomic mass is 9.94. The first-order valence-electron chi connectivity index (χ1n) is 9.35. The largest absolute Gasteiger partial charge is 0.497 e. The smallest absolute Gasteiger partial charge is 0.243 e. The molecular formula is C19H30N2O3S. The van der Waals surface area contributed by atoms with E-state index in [4.69, 9.17) is 4.74 Å². The Morgan fingerprint density at radius 2 is 1.92 bits per heavy atom. The van der Waals surface area contributed by atoms with Gasteiger partial charge in [0.05, 0.1) is 12.0 Å². The van der Waals surface area contributed by atoms with Gasteiger partial charge in [0.25, 0.3) is 0 Å². The van der Waals surface area contributed by atoms with Crippen molar-refractivity contribution in [2.24, 2.45) is 11.8 Å². The number of hydrogen-bond acceptors (Lipinski definition) is 4. The lowest BCUT2D eigenvalue weighted by Gasteiger charge is -2.37. The van der Waals surface area contributed by atoms with E-state index in [0.29, 0.717) is 29.7 Å². The van der Waals surface area contributed by atoms with E-state index < -0.39 is 10.0 Å². The van der Waals surface area contributed by atoms with Crippen molar-refractivity contribution in [1.82, 2.24) is 9.21 Å². The van der Waals surface area contributed by atoms with Crippen LogP contribution < -0.4 is 4.74 Å². The molecule has 1 unspecified atom stereocenters. The lowest BCUT2D eigenvalue weighted by Crippen LogP contribution is -2.43. The molecule has 6 heteroatoms. The Bertz CT molecular complexity index is 669. The lowest BCUT2D eigenvalue weighted by molar-refractivity contribution is 0.136. The average molecular weight is 367 g/mol. The molecule has 2 saturated heterocycles. The molecule has 2 aliphatic heterocycles. The molecule has 3 rings (SSSR count). The van der Waals surface area contributed by atoms with Crippen molar-refractivity contribution in [3.8, 4) is 5.75 Å². The Morgan fingerprint density at radius 3 is 2.60 bits per heavy atom. The SMILES string of the molecule is COc1cccc(S(=O)(=O)N2CCC(CN3CCCC(C)C3)CC2)c1. The van der Waals surface area contributed by atoms with Crippen LogP contribution in [-0.2, 0) is 10.0 Å². The van der Waals surface area contributed by atoms with Gasteiger partial charge in [-0.25, -0.2) is 8.42 Å². The molecule has 0 aromatic heterocycles. The quantitative estimate of drug-likeness (QED) is 0.804. The van der Waals surface area contributed by atoms with Crippen LogP contribution in [0.2, 0.25) is 0 Å². The Kier molecular flexibility index (Phi) is 6.02. The van der Waals surface area contributed by atoms with Gasteiger partial charge in [-0.2, -0.15) is 4.31 Å². The van der Waals surface area contributed by atoms with Gasteiger partial charge in [-0.3, -0.25) is 0 Å². The molecule has 0 bridgehead atoms. The van der Waals surface area contributed by atoms with Crippen molar-refractivity contribution in [1.29, 1.82) is 0 Å². The highest BCUT2D eigenvalue weighted by molar-refractivity contribution is 7.89. The summed E-state index contributed by atoms with van der Waals surface area (Å²) in [5, 5.41) is 0. The van der Waals surface area contributed by atoms with E-state index in [9.17, 15) is 8.42 Å². The van der Waals surface area contributed by atoms with Crippen LogP contribution in [0.1, 0.15) is 32.6 Å². The molecule has 0 aliphatic carbocycles. The van der Waals surface area contributed by atoms with Crippen LogP contribution in [0.4, 0.5) is 0 Å². The van der Waals surface area contributed by atoms with Gasteiger partial charge in [0.15, 0.2) is 0 Å². The summed E-state index contributed by atoms with van der Waals surface area (Å²) in [5.41, 5.74) is 0. The van der Waals surface area contributed by atoms with E-state index >= 15 is 0 Å². The second-order valence-corrected chi connectivity index (χ2v) is 9.47. The molecule has 2 heterocycles. The number of nitrogens with zero attached hydrogens (tertiary/aromatic N) is 2. The van der Waals surface area contributed by atoms with Gasteiger partial charge in [-0.1, -0.05) is 13.0 Å². The fourth-order valence-electron chi connectivity index (χ4n) is 4.06. The molecule has 0 amide bonds. The highest BCUT2D eigenvalue weighted by Gasteiger charge is 2.30. The van der Waals surface area contributed by atoms with Crippen molar-refractivity contribution in [3.05, 3.63) is 24.3 Å². The van der Waals surface area contributed by atoms with E-state index in [0.717, 1.165) is 25.3 Å². The number of sulfonamides is 1. The predicted octanol–water partition coefficient (Wildman–Crippen LogP) is 2.83. The second-order valence-electron chi connectivity index (χ2n) is 7.53. The summed E-state index contributed by atoms with van der Waals surface area (Å²) in [6.07, 6.45) is 4.54. The van der Waals surface area contributed by atoms with Gasteiger partial charge in [-0.15, -0.1) is 0 Å². The molecule has 25 heavy (non-hydrogen) atoms. The summed E-state index contributed by atoms with van der Waals surface area (Å²) in [7, 11) is -1.87. The summed E-state index contributed by atoms with van der Waals surface area (Å²) >= 11 is 0. The Hall–Kier alpha value is -1.11. The zero-order valence-corrected chi connectivity index (χ0v) is 16.2. The summed E-state index contributed by atoms with van der Waals surface area (Å²) in [4.78, 5) is 2.90. The van der Waals surface area contributed by atoms with Gasteiger partial charge in [0, 0.05) is 32.2 Å². The summed E-state index contributed by atoms with van der Waals surface area (Å²) < 4.78 is 32.5. The molecule has 0 radical (unpaired) electrons. The maximum atomic E-state index is 12.9. The maximum Gasteiger partial charge on any atom is 0.243 e. The number of benzene rings is 1. The predicted molar refractivity (Wildman–Crippen MR) is 99.3 cm³/mol. The van der Waals surface area contributed by atoms with Crippen LogP contribution in [0.5, 0.6) is 5.75 Å². The van der Waals surface area contributed by atoms with Crippen LogP contribution in [-0.4, -0.2) is 57.5 Å². The highest BCUT2D eigenvalue weighted by atomic mass is 32.2. The number of hydrogen-bond donors (Lipinski definition) is 0. The number of rotatable bonds is 5. The van der Waals surface area contributed by atoms with Gasteiger partial charge >= 0.3 is 0 Å². The molecule has 140 valence electrons. The number of ether oxygens (including phenoxy) is 1. The number of methoxy groups -OCH3 is 1. The molecule has 0 saturated carbocycles. The Morgan fingerprint density at radius 1 is 1.16 bits per heavy atom. The first-order valence-corrected chi connectivity index (χ1v) is 10.8. The molecule has 2 fully saturated rings. The average Bonchev–Trinajstić information content (AvgIpc) is 2.62. The molecule has 0 N–H and O–H groups in total. The summed E-state index contributed by atoms with van der Waals surface area (Å²) in [5.74, 6) is 1.99. The first kappa shape index (κ1) is 18.7. The van der Waals surface area contributed by atoms with E-state index in [1.165, 1.54) is 25.9 Å². The van der Waals surface area contributed by atoms with Crippen molar-refractivity contribution >= 4 is 10.0 Å². The van der Waals surface area contributed by atoms with Crippen LogP contribution in [0.25, 0.3) is 0 Å². The van der Waals surface area contributed by atoms with E-state index in [1.807, 2.05) is 0 Å². The molecule has 2 aliphatic rings. The topological polar surface area (TPSA) is 49.9 Å². The third kappa shape index (κ3) is 4.54. The summed E-state index contributed by atoms with van der Waals surface area (Å²) in [6, 6.07) is 6.76. The molecule has 5 nitrogen and oxygen atoms in total. The van der Waals surface area contributed by atoms with Crippen molar-refractivity contribution < 1.29 is 13.2 Å². The first-order chi connectivity index (χ1) is 12.0. The van der Waals surface area contributed by atoms with Gasteiger partial charge in [0.1, 0.15) is 5.75 Å². The Balaban J connectivity index is 1.57. The van der Waals surface area contributed by atoms with Crippen LogP contribution in [0.15, 0.2) is 29.2 Å². The van der Waals surface area contributed by atoms with Crippen LogP contribution in [0, 0.1) is 11.8 Å². The minimum absolute atomic E-state index is 0.329. The second kappa shape index (κ2) is 8.06. The third-order valence-electron chi connectivity index (χ3n) is 5.51. The molecule has 0 spiro atoms. The minimum Gasteiger partial charge on any atom is -0.497 e. The Labute approximate surface area is 152 Å². The minimum atomic E-state index is -3.42. The van der Waals surface area contributed by atoms with Crippen molar-refractivity contribution in [2.45, 2.75) is 37.5 Å². The van der Waals surface area contributed by atoms with Crippen LogP contribution in [0.3, 0.4) is 0 Å². The van der Waals surface area contributed by atoms with E-state index in [-0.39, 0.29) is 0 Å². The summed E-state index contributed by atoms with van der Waals surface area (Å²) in [6.45, 7) is 7.09. The van der Waals surface area contributed by atoms with Gasteiger partial charge in [-0.05, 0) is 56.2 Å². The van der Waals surface area contributed by atoms with Crippen molar-refractivity contribution in [2.75, 3.05) is 39.8 Å². The van der Waals surface area contributed by atoms with Crippen LogP contribution >= 0.6 is 0 Å². The number of piperidine rings is 2. The maximum absolute atomic E-state index is 12.9. The molecule has 1 aromatic rings. The fourth-order valence-corrected chi connectivity index (χ4v) is 5.57. The van der Waals surface area contributed by atoms with Crippen molar-refractivity contribution in [3.63, 3.8) is 0 Å². The zero-order valence-electron chi connectivity index (χ0n) is 15.4. The van der Waals surface area contributed by atoms with E-state index in [1.54, 1.807) is 35.7 Å². The highest BCUT2D eigenvalue weighted by Crippen LogP contribution is 2.27. The van der Waals surface area contributed by atoms with Gasteiger partial charge in [0.2, 0.25) is 10.0 Å². The zero-order chi connectivity index (χ0) is 17.9. The standard InChI is InChI=1S/C19H30N2O3S/c1-16-5-4-10-20(14-16)15-17-8-11-21(12-9-17)25(22,23)19-7-3-6-18(13-19)24-2/h3,6-7,13,16-17H,4-5,8-12,14-15H2,1-2H3. The molecule has 1 atom stereocenters. The molecular weight excluding hydrogens is 336 g/mol. The van der Waals surface area contributed by atoms with Gasteiger partial charge < -0.3 is 9.64 Å². The fraction of sp³-hybridized carbons (Fsp3) is 0.684. The molecule has 1 aromatic carbocycles. The van der Waals surface area contributed by atoms with E-state index in [2.05, 4.69) is 11.8 Å². The number of likely N-dealkylation sites (tertiary alicyclic amines) is 1. The monoisotopic (exact) mass is 366 g/mol. The third-order valence-corrected chi connectivity index (χ3v) is 7.40.